The number of benzene rings is 1. The Morgan fingerprint density at radius 3 is 2.67 bits per heavy atom. The summed E-state index contributed by atoms with van der Waals surface area (Å²) in [6.07, 6.45) is 0.355. The van der Waals surface area contributed by atoms with Crippen molar-refractivity contribution in [2.45, 2.75) is 19.8 Å². The molecule has 4 nitrogen and oxygen atoms in total. The van der Waals surface area contributed by atoms with Gasteiger partial charge in [-0.05, 0) is 24.1 Å². The highest BCUT2D eigenvalue weighted by atomic mass is 16.4. The van der Waals surface area contributed by atoms with Crippen molar-refractivity contribution in [3.05, 3.63) is 28.8 Å². The maximum atomic E-state index is 10.5. The molecule has 1 aromatic carbocycles. The fourth-order valence-corrected chi connectivity index (χ4v) is 1.36. The van der Waals surface area contributed by atoms with Crippen LogP contribution in [0.25, 0.3) is 0 Å². The third-order valence-corrected chi connectivity index (χ3v) is 2.14. The van der Waals surface area contributed by atoms with E-state index in [1.165, 1.54) is 6.07 Å². The fourth-order valence-electron chi connectivity index (χ4n) is 1.36. The van der Waals surface area contributed by atoms with Crippen LogP contribution in [0.4, 0.5) is 0 Å². The second-order valence-electron chi connectivity index (χ2n) is 3.18. The van der Waals surface area contributed by atoms with Gasteiger partial charge >= 0.3 is 5.97 Å². The lowest BCUT2D eigenvalue weighted by atomic mass is 10.00. The van der Waals surface area contributed by atoms with Crippen molar-refractivity contribution in [2.24, 2.45) is 0 Å². The Labute approximate surface area is 87.4 Å². The van der Waals surface area contributed by atoms with E-state index in [0.29, 0.717) is 6.42 Å². The van der Waals surface area contributed by atoms with E-state index >= 15 is 0 Å². The van der Waals surface area contributed by atoms with E-state index in [9.17, 15) is 9.90 Å². The Morgan fingerprint density at radius 2 is 2.20 bits per heavy atom. The first kappa shape index (κ1) is 11.1. The van der Waals surface area contributed by atoms with Crippen LogP contribution in [0.15, 0.2) is 12.1 Å². The van der Waals surface area contributed by atoms with E-state index in [4.69, 9.17) is 10.4 Å². The number of aliphatic carboxylic acids is 1. The van der Waals surface area contributed by atoms with E-state index in [-0.39, 0.29) is 23.3 Å². The zero-order valence-corrected chi connectivity index (χ0v) is 8.32. The summed E-state index contributed by atoms with van der Waals surface area (Å²) in [5.74, 6) is -1.18. The summed E-state index contributed by atoms with van der Waals surface area (Å²) in [7, 11) is 0. The predicted molar refractivity (Wildman–Crippen MR) is 53.5 cm³/mol. The van der Waals surface area contributed by atoms with Gasteiger partial charge in [0.05, 0.1) is 18.1 Å². The molecule has 0 aliphatic heterocycles. The molecule has 0 aliphatic carbocycles. The summed E-state index contributed by atoms with van der Waals surface area (Å²) >= 11 is 0. The minimum Gasteiger partial charge on any atom is -0.508 e. The quantitative estimate of drug-likeness (QED) is 0.782. The lowest BCUT2D eigenvalue weighted by Crippen LogP contribution is -2.03. The van der Waals surface area contributed by atoms with Crippen LogP contribution >= 0.6 is 0 Å². The SMILES string of the molecule is CCc1cc(O)c(CC(=O)O)c(C#N)c1. The van der Waals surface area contributed by atoms with Gasteiger partial charge in [0, 0.05) is 5.56 Å². The minimum atomic E-state index is -1.06. The Morgan fingerprint density at radius 1 is 1.53 bits per heavy atom. The molecule has 4 heteroatoms. The van der Waals surface area contributed by atoms with Crippen LogP contribution < -0.4 is 0 Å². The molecule has 0 spiro atoms. The number of carboxylic acids is 1. The van der Waals surface area contributed by atoms with Gasteiger partial charge in [0.2, 0.25) is 0 Å². The molecule has 15 heavy (non-hydrogen) atoms. The van der Waals surface area contributed by atoms with Crippen LogP contribution in [0, 0.1) is 11.3 Å². The number of aromatic hydroxyl groups is 1. The number of carboxylic acid groups (broad SMARTS) is 1. The summed E-state index contributed by atoms with van der Waals surface area (Å²) in [6, 6.07) is 5.00. The fraction of sp³-hybridized carbons (Fsp3) is 0.273. The van der Waals surface area contributed by atoms with Crippen LogP contribution in [0.2, 0.25) is 0 Å². The zero-order chi connectivity index (χ0) is 11.4. The van der Waals surface area contributed by atoms with Crippen LogP contribution in [0.1, 0.15) is 23.6 Å². The number of hydrogen-bond donors (Lipinski definition) is 2. The van der Waals surface area contributed by atoms with Crippen molar-refractivity contribution in [1.82, 2.24) is 0 Å². The first-order valence-corrected chi connectivity index (χ1v) is 4.55. The molecule has 1 rings (SSSR count). The van der Waals surface area contributed by atoms with Gasteiger partial charge in [-0.15, -0.1) is 0 Å². The van der Waals surface area contributed by atoms with Gasteiger partial charge in [-0.25, -0.2) is 0 Å². The highest BCUT2D eigenvalue weighted by Gasteiger charge is 2.12. The number of phenolic OH excluding ortho intramolecular Hbond substituents is 1. The highest BCUT2D eigenvalue weighted by Crippen LogP contribution is 2.24. The second kappa shape index (κ2) is 4.47. The van der Waals surface area contributed by atoms with Crippen molar-refractivity contribution in [3.8, 4) is 11.8 Å². The first-order chi connectivity index (χ1) is 7.08. The summed E-state index contributed by atoms with van der Waals surface area (Å²) in [5.41, 5.74) is 1.23. The molecule has 0 atom stereocenters. The molecule has 0 aliphatic rings. The number of hydrogen-bond acceptors (Lipinski definition) is 3. The third kappa shape index (κ3) is 2.47. The second-order valence-corrected chi connectivity index (χ2v) is 3.18. The number of carbonyl (C=O) groups is 1. The molecule has 78 valence electrons. The maximum Gasteiger partial charge on any atom is 0.308 e. The molecule has 0 heterocycles. The number of nitriles is 1. The van der Waals surface area contributed by atoms with E-state index in [1.807, 2.05) is 13.0 Å². The molecule has 0 unspecified atom stereocenters. The van der Waals surface area contributed by atoms with Gasteiger partial charge in [0.25, 0.3) is 0 Å². The zero-order valence-electron chi connectivity index (χ0n) is 8.32. The smallest absolute Gasteiger partial charge is 0.308 e. The molecule has 0 aromatic heterocycles. The van der Waals surface area contributed by atoms with E-state index in [0.717, 1.165) is 5.56 Å². The topological polar surface area (TPSA) is 81.3 Å². The Hall–Kier alpha value is -2.02. The lowest BCUT2D eigenvalue weighted by molar-refractivity contribution is -0.136. The van der Waals surface area contributed by atoms with Gasteiger partial charge in [-0.3, -0.25) is 4.79 Å². The van der Waals surface area contributed by atoms with Crippen molar-refractivity contribution in [2.75, 3.05) is 0 Å². The largest absolute Gasteiger partial charge is 0.508 e. The molecule has 0 fully saturated rings. The van der Waals surface area contributed by atoms with E-state index in [1.54, 1.807) is 6.07 Å². The van der Waals surface area contributed by atoms with Gasteiger partial charge in [0.1, 0.15) is 5.75 Å². The number of nitrogens with zero attached hydrogens (tertiary/aromatic N) is 1. The molecule has 0 amide bonds. The molecule has 0 bridgehead atoms. The third-order valence-electron chi connectivity index (χ3n) is 2.14. The van der Waals surface area contributed by atoms with Crippen LogP contribution in [0.5, 0.6) is 5.75 Å². The van der Waals surface area contributed by atoms with Crippen molar-refractivity contribution in [1.29, 1.82) is 5.26 Å². The molecule has 0 radical (unpaired) electrons. The van der Waals surface area contributed by atoms with Gasteiger partial charge < -0.3 is 10.2 Å². The molecule has 1 aromatic rings. The van der Waals surface area contributed by atoms with Gasteiger partial charge in [-0.1, -0.05) is 6.92 Å². The van der Waals surface area contributed by atoms with E-state index in [2.05, 4.69) is 0 Å². The number of phenols is 1. The van der Waals surface area contributed by atoms with Crippen LogP contribution in [-0.2, 0) is 17.6 Å². The normalized spacial score (nSPS) is 9.60. The average Bonchev–Trinajstić information content (AvgIpc) is 2.20. The molecular weight excluding hydrogens is 194 g/mol. The van der Waals surface area contributed by atoms with Crippen molar-refractivity contribution < 1.29 is 15.0 Å². The minimum absolute atomic E-state index is 0.117. The van der Waals surface area contributed by atoms with Crippen molar-refractivity contribution >= 4 is 5.97 Å². The van der Waals surface area contributed by atoms with Crippen LogP contribution in [-0.4, -0.2) is 16.2 Å². The van der Waals surface area contributed by atoms with Crippen molar-refractivity contribution in [3.63, 3.8) is 0 Å². The molecular formula is C11H11NO3. The molecule has 0 saturated heterocycles. The predicted octanol–water partition coefficient (Wildman–Crippen LogP) is 1.45. The Bertz CT molecular complexity index is 432. The summed E-state index contributed by atoms with van der Waals surface area (Å²) in [6.45, 7) is 1.90. The van der Waals surface area contributed by atoms with E-state index < -0.39 is 5.97 Å². The number of aryl methyl sites for hydroxylation is 1. The molecule has 2 N–H and O–H groups in total. The Kier molecular flexibility index (Phi) is 3.29. The summed E-state index contributed by atoms with van der Waals surface area (Å²) in [4.78, 5) is 10.5. The monoisotopic (exact) mass is 205 g/mol. The number of rotatable bonds is 3. The summed E-state index contributed by atoms with van der Waals surface area (Å²) < 4.78 is 0. The first-order valence-electron chi connectivity index (χ1n) is 4.55. The van der Waals surface area contributed by atoms with Gasteiger partial charge in [0.15, 0.2) is 0 Å². The highest BCUT2D eigenvalue weighted by molar-refractivity contribution is 5.73. The molecule has 0 saturated carbocycles. The lowest BCUT2D eigenvalue weighted by Gasteiger charge is -2.06. The van der Waals surface area contributed by atoms with Crippen LogP contribution in [0.3, 0.4) is 0 Å². The maximum absolute atomic E-state index is 10.5. The van der Waals surface area contributed by atoms with Gasteiger partial charge in [-0.2, -0.15) is 5.26 Å². The summed E-state index contributed by atoms with van der Waals surface area (Å²) in [5, 5.41) is 27.0. The Balaban J connectivity index is 3.26. The standard InChI is InChI=1S/C11H11NO3/c1-2-7-3-8(6-12)9(5-11(14)15)10(13)4-7/h3-4,13H,2,5H2,1H3,(H,14,15). The average molecular weight is 205 g/mol.